The number of benzene rings is 2. The molecule has 1 saturated heterocycles. The summed E-state index contributed by atoms with van der Waals surface area (Å²) in [6, 6.07) is 12.9. The second-order valence-electron chi connectivity index (χ2n) is 5.00. The first-order valence-electron chi connectivity index (χ1n) is 6.82. The van der Waals surface area contributed by atoms with E-state index < -0.39 is 5.25 Å². The molecule has 1 aliphatic rings. The first-order chi connectivity index (χ1) is 11.0. The summed E-state index contributed by atoms with van der Waals surface area (Å²) in [5.74, 6) is -0.267. The van der Waals surface area contributed by atoms with Gasteiger partial charge in [-0.2, -0.15) is 0 Å². The van der Waals surface area contributed by atoms with Crippen molar-refractivity contribution in [1.29, 1.82) is 0 Å². The van der Waals surface area contributed by atoms with E-state index in [2.05, 4.69) is 10.6 Å². The highest BCUT2D eigenvalue weighted by Gasteiger charge is 2.32. The van der Waals surface area contributed by atoms with E-state index in [9.17, 15) is 9.59 Å². The van der Waals surface area contributed by atoms with Gasteiger partial charge >= 0.3 is 0 Å². The molecular formula is C16H12Cl2N2O2S. The third-order valence-corrected chi connectivity index (χ3v) is 5.16. The Labute approximate surface area is 147 Å². The summed E-state index contributed by atoms with van der Waals surface area (Å²) >= 11 is 12.9. The van der Waals surface area contributed by atoms with Gasteiger partial charge in [0.25, 0.3) is 5.24 Å². The molecule has 4 nitrogen and oxygen atoms in total. The lowest BCUT2D eigenvalue weighted by Crippen LogP contribution is -2.20. The van der Waals surface area contributed by atoms with Crippen molar-refractivity contribution in [1.82, 2.24) is 5.32 Å². The molecule has 0 saturated carbocycles. The summed E-state index contributed by atoms with van der Waals surface area (Å²) in [7, 11) is 0. The SMILES string of the molecule is O=C1NC(=O)C(c2ccc(NCc3ccc(Cl)c(Cl)c3)cc2)S1. The van der Waals surface area contributed by atoms with E-state index in [4.69, 9.17) is 23.2 Å². The van der Waals surface area contributed by atoms with Gasteiger partial charge in [-0.25, -0.2) is 0 Å². The molecule has 1 fully saturated rings. The smallest absolute Gasteiger partial charge is 0.286 e. The van der Waals surface area contributed by atoms with Gasteiger partial charge in [-0.15, -0.1) is 0 Å². The highest BCUT2D eigenvalue weighted by atomic mass is 35.5. The van der Waals surface area contributed by atoms with E-state index in [0.29, 0.717) is 16.6 Å². The number of carbonyl (C=O) groups excluding carboxylic acids is 2. The molecule has 1 unspecified atom stereocenters. The number of hydrogen-bond donors (Lipinski definition) is 2. The van der Waals surface area contributed by atoms with Gasteiger partial charge in [0, 0.05) is 12.2 Å². The van der Waals surface area contributed by atoms with Crippen LogP contribution in [0.3, 0.4) is 0 Å². The Kier molecular flexibility index (Phi) is 4.80. The van der Waals surface area contributed by atoms with Crippen molar-refractivity contribution >= 4 is 51.8 Å². The fraction of sp³-hybridized carbons (Fsp3) is 0.125. The summed E-state index contributed by atoms with van der Waals surface area (Å²) in [6.07, 6.45) is 0. The van der Waals surface area contributed by atoms with Crippen LogP contribution in [0.15, 0.2) is 42.5 Å². The average Bonchev–Trinajstić information content (AvgIpc) is 2.87. The van der Waals surface area contributed by atoms with Crippen molar-refractivity contribution in [2.45, 2.75) is 11.8 Å². The summed E-state index contributed by atoms with van der Waals surface area (Å²) in [6.45, 7) is 0.605. The lowest BCUT2D eigenvalue weighted by molar-refractivity contribution is -0.119. The van der Waals surface area contributed by atoms with E-state index >= 15 is 0 Å². The minimum atomic E-state index is -0.466. The fourth-order valence-corrected chi connectivity index (χ4v) is 3.36. The minimum Gasteiger partial charge on any atom is -0.381 e. The minimum absolute atomic E-state index is 0.267. The molecule has 2 aromatic rings. The monoisotopic (exact) mass is 366 g/mol. The number of amides is 2. The summed E-state index contributed by atoms with van der Waals surface area (Å²) in [5.41, 5.74) is 2.73. The molecule has 2 aromatic carbocycles. The van der Waals surface area contributed by atoms with E-state index in [1.165, 1.54) is 0 Å². The van der Waals surface area contributed by atoms with Crippen molar-refractivity contribution in [3.05, 3.63) is 63.6 Å². The molecule has 0 spiro atoms. The maximum atomic E-state index is 11.6. The Hall–Kier alpha value is -1.69. The second-order valence-corrected chi connectivity index (χ2v) is 6.89. The molecule has 0 aromatic heterocycles. The maximum Gasteiger partial charge on any atom is 0.286 e. The Balaban J connectivity index is 1.64. The van der Waals surface area contributed by atoms with Gasteiger partial charge < -0.3 is 5.32 Å². The van der Waals surface area contributed by atoms with Gasteiger partial charge in [0.05, 0.1) is 10.0 Å². The Morgan fingerprint density at radius 1 is 1.04 bits per heavy atom. The summed E-state index contributed by atoms with van der Waals surface area (Å²) in [4.78, 5) is 22.9. The molecule has 1 aliphatic heterocycles. The maximum absolute atomic E-state index is 11.6. The standard InChI is InChI=1S/C16H12Cl2N2O2S/c17-12-6-1-9(7-13(12)18)8-19-11-4-2-10(3-5-11)14-15(21)20-16(22)23-14/h1-7,14,19H,8H2,(H,20,21,22). The number of thioether (sulfide) groups is 1. The molecule has 118 valence electrons. The van der Waals surface area contributed by atoms with Gasteiger partial charge in [0.15, 0.2) is 0 Å². The van der Waals surface area contributed by atoms with E-state index in [1.54, 1.807) is 6.07 Å². The Morgan fingerprint density at radius 2 is 1.78 bits per heavy atom. The summed E-state index contributed by atoms with van der Waals surface area (Å²) in [5, 5.41) is 5.83. The van der Waals surface area contributed by atoms with Crippen molar-refractivity contribution in [3.63, 3.8) is 0 Å². The van der Waals surface area contributed by atoms with Crippen molar-refractivity contribution < 1.29 is 9.59 Å². The highest BCUT2D eigenvalue weighted by molar-refractivity contribution is 8.15. The topological polar surface area (TPSA) is 58.2 Å². The Morgan fingerprint density at radius 3 is 2.39 bits per heavy atom. The van der Waals surface area contributed by atoms with Crippen LogP contribution < -0.4 is 10.6 Å². The zero-order valence-electron chi connectivity index (χ0n) is 11.8. The molecule has 0 radical (unpaired) electrons. The first kappa shape index (κ1) is 16.2. The molecular weight excluding hydrogens is 355 g/mol. The molecule has 1 heterocycles. The van der Waals surface area contributed by atoms with Crippen LogP contribution >= 0.6 is 35.0 Å². The van der Waals surface area contributed by atoms with Crippen LogP contribution in [0.25, 0.3) is 0 Å². The van der Waals surface area contributed by atoms with Crippen molar-refractivity contribution in [3.8, 4) is 0 Å². The van der Waals surface area contributed by atoms with Gasteiger partial charge in [-0.05, 0) is 47.2 Å². The van der Waals surface area contributed by atoms with Crippen LogP contribution in [-0.4, -0.2) is 11.1 Å². The quantitative estimate of drug-likeness (QED) is 0.827. The van der Waals surface area contributed by atoms with Crippen LogP contribution in [0.5, 0.6) is 0 Å². The lowest BCUT2D eigenvalue weighted by atomic mass is 10.1. The molecule has 3 rings (SSSR count). The van der Waals surface area contributed by atoms with Crippen LogP contribution in [-0.2, 0) is 11.3 Å². The predicted octanol–water partition coefficient (Wildman–Crippen LogP) is 4.63. The number of nitrogens with one attached hydrogen (secondary N) is 2. The molecule has 0 aliphatic carbocycles. The molecule has 2 amide bonds. The number of rotatable bonds is 4. The molecule has 1 atom stereocenters. The lowest BCUT2D eigenvalue weighted by Gasteiger charge is -2.10. The average molecular weight is 367 g/mol. The van der Waals surface area contributed by atoms with Crippen molar-refractivity contribution in [2.75, 3.05) is 5.32 Å². The number of carbonyl (C=O) groups is 2. The number of anilines is 1. The largest absolute Gasteiger partial charge is 0.381 e. The number of halogens is 2. The van der Waals surface area contributed by atoms with Crippen LogP contribution in [0.4, 0.5) is 10.5 Å². The zero-order chi connectivity index (χ0) is 16.4. The summed E-state index contributed by atoms with van der Waals surface area (Å²) < 4.78 is 0. The van der Waals surface area contributed by atoms with Gasteiger partial charge in [0.1, 0.15) is 5.25 Å². The second kappa shape index (κ2) is 6.83. The van der Waals surface area contributed by atoms with Gasteiger partial charge in [-0.3, -0.25) is 14.9 Å². The highest BCUT2D eigenvalue weighted by Crippen LogP contribution is 2.34. The van der Waals surface area contributed by atoms with Crippen LogP contribution in [0.2, 0.25) is 10.0 Å². The number of hydrogen-bond acceptors (Lipinski definition) is 4. The predicted molar refractivity (Wildman–Crippen MR) is 94.1 cm³/mol. The van der Waals surface area contributed by atoms with E-state index in [1.807, 2.05) is 36.4 Å². The van der Waals surface area contributed by atoms with Crippen molar-refractivity contribution in [2.24, 2.45) is 0 Å². The molecule has 0 bridgehead atoms. The van der Waals surface area contributed by atoms with Crippen LogP contribution in [0, 0.1) is 0 Å². The van der Waals surface area contributed by atoms with Gasteiger partial charge in [-0.1, -0.05) is 41.4 Å². The fourth-order valence-electron chi connectivity index (χ4n) is 2.21. The third-order valence-electron chi connectivity index (χ3n) is 3.38. The first-order valence-corrected chi connectivity index (χ1v) is 8.46. The molecule has 2 N–H and O–H groups in total. The van der Waals surface area contributed by atoms with E-state index in [0.717, 1.165) is 28.6 Å². The van der Waals surface area contributed by atoms with Crippen LogP contribution in [0.1, 0.15) is 16.4 Å². The van der Waals surface area contributed by atoms with E-state index in [-0.39, 0.29) is 11.1 Å². The van der Waals surface area contributed by atoms with Gasteiger partial charge in [0.2, 0.25) is 5.91 Å². The third kappa shape index (κ3) is 3.80. The number of imide groups is 1. The Bertz CT molecular complexity index is 765. The zero-order valence-corrected chi connectivity index (χ0v) is 14.1. The molecule has 7 heteroatoms. The molecule has 23 heavy (non-hydrogen) atoms. The normalized spacial score (nSPS) is 17.2.